The molecule has 0 aliphatic carbocycles. The van der Waals surface area contributed by atoms with Crippen LogP contribution in [-0.4, -0.2) is 38.9 Å². The molecule has 0 spiro atoms. The second-order valence-corrected chi connectivity index (χ2v) is 8.56. The van der Waals surface area contributed by atoms with Crippen molar-refractivity contribution in [1.29, 1.82) is 0 Å². The summed E-state index contributed by atoms with van der Waals surface area (Å²) in [5.41, 5.74) is 5.22. The van der Waals surface area contributed by atoms with Gasteiger partial charge in [-0.15, -0.1) is 0 Å². The first-order valence-electron chi connectivity index (χ1n) is 5.50. The zero-order chi connectivity index (χ0) is 17.8. The standard InChI is InChI=1S/C10H9NO9S3.2Na/c11-7-1-2-8(22(15,16)17)6-3-5(21(12,13)14)4-9(10(6)7)23(18,19)20;;/h1-4H,11H2,(H,12,13,14)(H,15,16,17)(H,18,19,20);;/q;2*+1/p-1. The Hall–Kier alpha value is 0.230. The molecule has 0 atom stereocenters. The topological polar surface area (TPSA) is 192 Å². The van der Waals surface area contributed by atoms with Crippen molar-refractivity contribution in [2.45, 2.75) is 14.7 Å². The molecule has 0 aliphatic rings. The Balaban J connectivity index is 0.00000288. The Morgan fingerprint density at radius 2 is 1.32 bits per heavy atom. The van der Waals surface area contributed by atoms with E-state index in [9.17, 15) is 34.4 Å². The molecule has 0 saturated heterocycles. The van der Waals surface area contributed by atoms with Crippen molar-refractivity contribution in [3.05, 3.63) is 24.3 Å². The molecule has 2 rings (SSSR count). The van der Waals surface area contributed by atoms with E-state index >= 15 is 0 Å². The average molecular weight is 428 g/mol. The molecular formula is C10H8NNa2O9S3+. The van der Waals surface area contributed by atoms with Crippen LogP contribution in [0.1, 0.15) is 0 Å². The summed E-state index contributed by atoms with van der Waals surface area (Å²) < 4.78 is 97.3. The molecule has 126 valence electrons. The third-order valence-corrected chi connectivity index (χ3v) is 5.49. The van der Waals surface area contributed by atoms with Gasteiger partial charge in [-0.2, -0.15) is 16.8 Å². The molecule has 0 amide bonds. The number of nitrogen functional groups attached to an aromatic ring is 1. The van der Waals surface area contributed by atoms with Gasteiger partial charge in [-0.3, -0.25) is 9.11 Å². The first-order valence-corrected chi connectivity index (χ1v) is 9.79. The van der Waals surface area contributed by atoms with E-state index in [1.807, 2.05) is 0 Å². The largest absolute Gasteiger partial charge is 1.00 e. The summed E-state index contributed by atoms with van der Waals surface area (Å²) in [7, 11) is -15.2. The third kappa shape index (κ3) is 5.37. The normalized spacial score (nSPS) is 12.3. The number of nitrogens with two attached hydrogens (primary N) is 1. The number of hydrogen-bond acceptors (Lipinski definition) is 8. The van der Waals surface area contributed by atoms with Gasteiger partial charge in [-0.05, 0) is 24.3 Å². The van der Waals surface area contributed by atoms with E-state index in [2.05, 4.69) is 0 Å². The van der Waals surface area contributed by atoms with Crippen LogP contribution in [0.2, 0.25) is 0 Å². The molecule has 0 unspecified atom stereocenters. The molecule has 2 aromatic rings. The van der Waals surface area contributed by atoms with E-state index in [1.165, 1.54) is 0 Å². The quantitative estimate of drug-likeness (QED) is 0.241. The van der Waals surface area contributed by atoms with Crippen LogP contribution in [0.25, 0.3) is 10.8 Å². The second kappa shape index (κ2) is 8.08. The zero-order valence-corrected chi connectivity index (χ0v) is 19.3. The Kier molecular flexibility index (Phi) is 8.15. The summed E-state index contributed by atoms with van der Waals surface area (Å²) in [6.07, 6.45) is 0. The van der Waals surface area contributed by atoms with E-state index in [0.29, 0.717) is 12.1 Å². The van der Waals surface area contributed by atoms with E-state index in [1.54, 1.807) is 0 Å². The zero-order valence-electron chi connectivity index (χ0n) is 12.9. The van der Waals surface area contributed by atoms with E-state index < -0.39 is 55.8 Å². The molecule has 0 heterocycles. The van der Waals surface area contributed by atoms with E-state index in [-0.39, 0.29) is 64.8 Å². The van der Waals surface area contributed by atoms with Gasteiger partial charge in [0.15, 0.2) is 0 Å². The van der Waals surface area contributed by atoms with Gasteiger partial charge < -0.3 is 10.3 Å². The first-order chi connectivity index (χ1) is 10.2. The monoisotopic (exact) mass is 428 g/mol. The summed E-state index contributed by atoms with van der Waals surface area (Å²) in [5.74, 6) is 0. The smallest absolute Gasteiger partial charge is 0.744 e. The number of fused-ring (bicyclic) bond motifs is 1. The van der Waals surface area contributed by atoms with Gasteiger partial charge in [0.2, 0.25) is 0 Å². The molecule has 25 heavy (non-hydrogen) atoms. The SMILES string of the molecule is Nc1ccc(S(=O)(=O)O)c2cc(S(=O)(=O)[O-])cc(S(=O)(=O)O)c12.[Na+].[Na+]. The molecule has 4 N–H and O–H groups in total. The molecule has 0 bridgehead atoms. The fourth-order valence-electron chi connectivity index (χ4n) is 1.99. The van der Waals surface area contributed by atoms with Crippen LogP contribution in [0.3, 0.4) is 0 Å². The van der Waals surface area contributed by atoms with Crippen LogP contribution in [0, 0.1) is 0 Å². The van der Waals surface area contributed by atoms with Gasteiger partial charge in [0.25, 0.3) is 20.2 Å². The molecule has 0 saturated carbocycles. The molecule has 2 aromatic carbocycles. The minimum atomic E-state index is -5.19. The number of hydrogen-bond donors (Lipinski definition) is 3. The Labute approximate surface area is 187 Å². The van der Waals surface area contributed by atoms with Gasteiger partial charge in [-0.1, -0.05) is 0 Å². The molecule has 0 fully saturated rings. The Morgan fingerprint density at radius 3 is 1.72 bits per heavy atom. The molecule has 0 radical (unpaired) electrons. The number of rotatable bonds is 3. The van der Waals surface area contributed by atoms with Crippen LogP contribution < -0.4 is 64.8 Å². The maximum Gasteiger partial charge on any atom is 1.00 e. The maximum atomic E-state index is 11.4. The second-order valence-electron chi connectivity index (χ2n) is 4.40. The average Bonchev–Trinajstić information content (AvgIpc) is 2.34. The van der Waals surface area contributed by atoms with Gasteiger partial charge in [0, 0.05) is 16.5 Å². The Morgan fingerprint density at radius 1 is 0.840 bits per heavy atom. The van der Waals surface area contributed by atoms with Crippen molar-refractivity contribution in [3.8, 4) is 0 Å². The van der Waals surface area contributed by atoms with Crippen LogP contribution >= 0.6 is 0 Å². The summed E-state index contributed by atoms with van der Waals surface area (Å²) in [6, 6.07) is 2.63. The summed E-state index contributed by atoms with van der Waals surface area (Å²) in [6.45, 7) is 0. The number of benzene rings is 2. The summed E-state index contributed by atoms with van der Waals surface area (Å²) in [5, 5.41) is -1.19. The third-order valence-electron chi connectivity index (χ3n) is 2.89. The van der Waals surface area contributed by atoms with Crippen LogP contribution in [0.15, 0.2) is 39.0 Å². The van der Waals surface area contributed by atoms with Crippen molar-refractivity contribution >= 4 is 46.8 Å². The maximum absolute atomic E-state index is 11.4. The van der Waals surface area contributed by atoms with E-state index in [4.69, 9.17) is 10.3 Å². The van der Waals surface area contributed by atoms with Gasteiger partial charge in [-0.25, -0.2) is 8.42 Å². The van der Waals surface area contributed by atoms with Gasteiger partial charge >= 0.3 is 59.1 Å². The number of anilines is 1. The molecule has 0 aliphatic heterocycles. The molecule has 10 nitrogen and oxygen atoms in total. The fraction of sp³-hybridized carbons (Fsp3) is 0. The fourth-order valence-corrected chi connectivity index (χ4v) is 4.03. The summed E-state index contributed by atoms with van der Waals surface area (Å²) in [4.78, 5) is -3.07. The van der Waals surface area contributed by atoms with Crippen LogP contribution in [-0.2, 0) is 30.4 Å². The predicted molar refractivity (Wildman–Crippen MR) is 76.0 cm³/mol. The molecular weight excluding hydrogens is 420 g/mol. The van der Waals surface area contributed by atoms with Crippen molar-refractivity contribution in [2.24, 2.45) is 0 Å². The van der Waals surface area contributed by atoms with Crippen molar-refractivity contribution in [2.75, 3.05) is 5.73 Å². The first kappa shape index (κ1) is 25.2. The predicted octanol–water partition coefficient (Wildman–Crippen LogP) is -6.17. The molecule has 0 aromatic heterocycles. The van der Waals surface area contributed by atoms with Crippen LogP contribution in [0.4, 0.5) is 5.69 Å². The van der Waals surface area contributed by atoms with Crippen molar-refractivity contribution in [3.63, 3.8) is 0 Å². The van der Waals surface area contributed by atoms with Crippen LogP contribution in [0.5, 0.6) is 0 Å². The Bertz CT molecular complexity index is 1140. The van der Waals surface area contributed by atoms with Crippen molar-refractivity contribution < 1.29 is 98.0 Å². The van der Waals surface area contributed by atoms with Gasteiger partial charge in [0.05, 0.1) is 4.90 Å². The minimum absolute atomic E-state index is 0. The van der Waals surface area contributed by atoms with Crippen molar-refractivity contribution in [1.82, 2.24) is 0 Å². The summed E-state index contributed by atoms with van der Waals surface area (Å²) >= 11 is 0. The minimum Gasteiger partial charge on any atom is -0.744 e. The molecule has 15 heteroatoms. The van der Waals surface area contributed by atoms with E-state index in [0.717, 1.165) is 12.1 Å². The van der Waals surface area contributed by atoms with Gasteiger partial charge in [0.1, 0.15) is 19.9 Å².